The summed E-state index contributed by atoms with van der Waals surface area (Å²) in [4.78, 5) is 24.1. The predicted octanol–water partition coefficient (Wildman–Crippen LogP) is 2.67. The molecule has 29 heavy (non-hydrogen) atoms. The van der Waals surface area contributed by atoms with Gasteiger partial charge in [0.2, 0.25) is 0 Å². The SMILES string of the molecule is C=CCOc1ccc(/C=N\NC(=O)C(=O)Nc2cc(C)ccc2OC)cc1OC. The standard InChI is InChI=1S/C21H23N3O5/c1-5-10-29-18-9-7-15(12-19(18)28-4)13-22-24-21(26)20(25)23-16-11-14(2)6-8-17(16)27-3/h5-9,11-13H,1,10H2,2-4H3,(H,23,25)(H,24,26)/b22-13-. The van der Waals surface area contributed by atoms with E-state index in [0.717, 1.165) is 5.56 Å². The van der Waals surface area contributed by atoms with Crippen LogP contribution in [0.1, 0.15) is 11.1 Å². The number of aryl methyl sites for hydroxylation is 1. The Kier molecular flexibility index (Phi) is 7.78. The molecule has 0 bridgehead atoms. The summed E-state index contributed by atoms with van der Waals surface area (Å²) in [7, 11) is 3.00. The summed E-state index contributed by atoms with van der Waals surface area (Å²) in [6.07, 6.45) is 3.01. The van der Waals surface area contributed by atoms with E-state index in [9.17, 15) is 9.59 Å². The number of hydrogen-bond acceptors (Lipinski definition) is 6. The van der Waals surface area contributed by atoms with Gasteiger partial charge in [0.15, 0.2) is 11.5 Å². The molecule has 0 aliphatic carbocycles. The summed E-state index contributed by atoms with van der Waals surface area (Å²) in [5.74, 6) is -0.267. The first-order valence-electron chi connectivity index (χ1n) is 8.69. The van der Waals surface area contributed by atoms with Gasteiger partial charge >= 0.3 is 11.8 Å². The molecule has 2 aromatic carbocycles. The van der Waals surface area contributed by atoms with Crippen LogP contribution in [0.2, 0.25) is 0 Å². The van der Waals surface area contributed by atoms with Gasteiger partial charge in [-0.15, -0.1) is 0 Å². The van der Waals surface area contributed by atoms with Gasteiger partial charge in [-0.1, -0.05) is 18.7 Å². The van der Waals surface area contributed by atoms with Gasteiger partial charge in [-0.2, -0.15) is 5.10 Å². The molecule has 0 aromatic heterocycles. The van der Waals surface area contributed by atoms with Crippen LogP contribution in [-0.2, 0) is 9.59 Å². The molecular weight excluding hydrogens is 374 g/mol. The van der Waals surface area contributed by atoms with Crippen molar-refractivity contribution in [2.45, 2.75) is 6.92 Å². The molecule has 2 aromatic rings. The number of hydrogen-bond donors (Lipinski definition) is 2. The Balaban J connectivity index is 1.99. The molecule has 0 spiro atoms. The molecule has 2 rings (SSSR count). The lowest BCUT2D eigenvalue weighted by Crippen LogP contribution is -2.32. The van der Waals surface area contributed by atoms with Crippen LogP contribution in [0.3, 0.4) is 0 Å². The summed E-state index contributed by atoms with van der Waals surface area (Å²) in [5.41, 5.74) is 4.14. The zero-order valence-corrected chi connectivity index (χ0v) is 16.5. The molecule has 0 heterocycles. The Hall–Kier alpha value is -3.81. The summed E-state index contributed by atoms with van der Waals surface area (Å²) in [6, 6.07) is 10.4. The van der Waals surface area contributed by atoms with Gasteiger partial charge in [0.1, 0.15) is 12.4 Å². The maximum Gasteiger partial charge on any atom is 0.329 e. The molecule has 152 valence electrons. The highest BCUT2D eigenvalue weighted by Crippen LogP contribution is 2.27. The van der Waals surface area contributed by atoms with Gasteiger partial charge in [-0.3, -0.25) is 9.59 Å². The molecule has 0 fully saturated rings. The zero-order valence-electron chi connectivity index (χ0n) is 16.5. The second-order valence-electron chi connectivity index (χ2n) is 5.87. The molecule has 2 N–H and O–H groups in total. The average Bonchev–Trinajstić information content (AvgIpc) is 2.72. The molecule has 0 atom stereocenters. The van der Waals surface area contributed by atoms with Crippen molar-refractivity contribution in [1.82, 2.24) is 5.43 Å². The number of nitrogens with zero attached hydrogens (tertiary/aromatic N) is 1. The first kappa shape index (κ1) is 21.5. The number of methoxy groups -OCH3 is 2. The van der Waals surface area contributed by atoms with Crippen LogP contribution in [-0.4, -0.2) is 38.9 Å². The van der Waals surface area contributed by atoms with Gasteiger partial charge < -0.3 is 19.5 Å². The molecule has 2 amide bonds. The Labute approximate surface area is 169 Å². The lowest BCUT2D eigenvalue weighted by Gasteiger charge is -2.10. The van der Waals surface area contributed by atoms with E-state index in [2.05, 4.69) is 22.4 Å². The molecular formula is C21H23N3O5. The molecule has 8 nitrogen and oxygen atoms in total. The topological polar surface area (TPSA) is 98.2 Å². The number of amides is 2. The zero-order chi connectivity index (χ0) is 21.2. The maximum absolute atomic E-state index is 12.1. The van der Waals surface area contributed by atoms with E-state index >= 15 is 0 Å². The third-order valence-electron chi connectivity index (χ3n) is 3.73. The number of carbonyl (C=O) groups excluding carboxylic acids is 2. The van der Waals surface area contributed by atoms with Crippen molar-refractivity contribution in [1.29, 1.82) is 0 Å². The Morgan fingerprint density at radius 2 is 1.76 bits per heavy atom. The third kappa shape index (κ3) is 6.10. The first-order valence-corrected chi connectivity index (χ1v) is 8.69. The van der Waals surface area contributed by atoms with Crippen molar-refractivity contribution in [2.24, 2.45) is 5.10 Å². The highest BCUT2D eigenvalue weighted by molar-refractivity contribution is 6.39. The summed E-state index contributed by atoms with van der Waals surface area (Å²) >= 11 is 0. The number of ether oxygens (including phenoxy) is 3. The number of benzene rings is 2. The van der Waals surface area contributed by atoms with E-state index < -0.39 is 11.8 Å². The Morgan fingerprint density at radius 1 is 1.03 bits per heavy atom. The molecule has 0 aliphatic rings. The molecule has 8 heteroatoms. The smallest absolute Gasteiger partial charge is 0.329 e. The summed E-state index contributed by atoms with van der Waals surface area (Å²) < 4.78 is 15.9. The second kappa shape index (κ2) is 10.5. The number of hydrazone groups is 1. The largest absolute Gasteiger partial charge is 0.495 e. The van der Waals surface area contributed by atoms with Gasteiger partial charge in [0.05, 0.1) is 26.1 Å². The van der Waals surface area contributed by atoms with Crippen molar-refractivity contribution < 1.29 is 23.8 Å². The fourth-order valence-corrected chi connectivity index (χ4v) is 2.35. The van der Waals surface area contributed by atoms with E-state index in [0.29, 0.717) is 35.1 Å². The number of nitrogens with one attached hydrogen (secondary N) is 2. The van der Waals surface area contributed by atoms with Crippen molar-refractivity contribution in [3.05, 3.63) is 60.2 Å². The third-order valence-corrected chi connectivity index (χ3v) is 3.73. The molecule has 0 aliphatic heterocycles. The fourth-order valence-electron chi connectivity index (χ4n) is 2.35. The van der Waals surface area contributed by atoms with Crippen LogP contribution in [0.25, 0.3) is 0 Å². The monoisotopic (exact) mass is 397 g/mol. The quantitative estimate of drug-likeness (QED) is 0.309. The Bertz CT molecular complexity index is 925. The van der Waals surface area contributed by atoms with E-state index in [1.165, 1.54) is 20.4 Å². The van der Waals surface area contributed by atoms with E-state index in [-0.39, 0.29) is 0 Å². The van der Waals surface area contributed by atoms with Crippen LogP contribution >= 0.6 is 0 Å². The van der Waals surface area contributed by atoms with Crippen molar-refractivity contribution in [3.8, 4) is 17.2 Å². The number of rotatable bonds is 8. The molecule has 0 saturated carbocycles. The van der Waals surface area contributed by atoms with Crippen molar-refractivity contribution >= 4 is 23.7 Å². The van der Waals surface area contributed by atoms with Crippen LogP contribution < -0.4 is 25.0 Å². The van der Waals surface area contributed by atoms with E-state index in [4.69, 9.17) is 14.2 Å². The minimum Gasteiger partial charge on any atom is -0.495 e. The van der Waals surface area contributed by atoms with Crippen LogP contribution in [0.5, 0.6) is 17.2 Å². The van der Waals surface area contributed by atoms with Gasteiger partial charge in [-0.25, -0.2) is 5.43 Å². The van der Waals surface area contributed by atoms with E-state index in [1.807, 2.05) is 13.0 Å². The lowest BCUT2D eigenvalue weighted by molar-refractivity contribution is -0.136. The van der Waals surface area contributed by atoms with Crippen LogP contribution in [0.4, 0.5) is 5.69 Å². The van der Waals surface area contributed by atoms with Crippen LogP contribution in [0.15, 0.2) is 54.2 Å². The van der Waals surface area contributed by atoms with Crippen molar-refractivity contribution in [2.75, 3.05) is 26.1 Å². The average molecular weight is 397 g/mol. The predicted molar refractivity (Wildman–Crippen MR) is 111 cm³/mol. The van der Waals surface area contributed by atoms with Crippen molar-refractivity contribution in [3.63, 3.8) is 0 Å². The maximum atomic E-state index is 12.1. The molecule has 0 saturated heterocycles. The summed E-state index contributed by atoms with van der Waals surface area (Å²) in [5, 5.41) is 6.30. The normalized spacial score (nSPS) is 10.3. The number of anilines is 1. The van der Waals surface area contributed by atoms with Gasteiger partial charge in [0.25, 0.3) is 0 Å². The van der Waals surface area contributed by atoms with Crippen LogP contribution in [0, 0.1) is 6.92 Å². The minimum absolute atomic E-state index is 0.348. The first-order chi connectivity index (χ1) is 14.0. The highest BCUT2D eigenvalue weighted by atomic mass is 16.5. The summed E-state index contributed by atoms with van der Waals surface area (Å²) in [6.45, 7) is 5.80. The lowest BCUT2D eigenvalue weighted by atomic mass is 10.2. The highest BCUT2D eigenvalue weighted by Gasteiger charge is 2.15. The number of carbonyl (C=O) groups is 2. The molecule has 0 radical (unpaired) electrons. The minimum atomic E-state index is -0.914. The second-order valence-corrected chi connectivity index (χ2v) is 5.87. The van der Waals surface area contributed by atoms with Gasteiger partial charge in [-0.05, 0) is 48.4 Å². The molecule has 0 unspecified atom stereocenters. The van der Waals surface area contributed by atoms with E-state index in [1.54, 1.807) is 36.4 Å². The fraction of sp³-hybridized carbons (Fsp3) is 0.190. The van der Waals surface area contributed by atoms with Gasteiger partial charge in [0, 0.05) is 0 Å². The Morgan fingerprint density at radius 3 is 2.45 bits per heavy atom.